The largest absolute Gasteiger partial charge is 0.463 e. The van der Waals surface area contributed by atoms with Gasteiger partial charge in [-0.3, -0.25) is 0 Å². The van der Waals surface area contributed by atoms with Gasteiger partial charge in [-0.05, 0) is 31.4 Å². The number of hydrogen-bond acceptors (Lipinski definition) is 5. The summed E-state index contributed by atoms with van der Waals surface area (Å²) in [5.74, 6) is -0.0605. The predicted octanol–water partition coefficient (Wildman–Crippen LogP) is 1.89. The Hall–Kier alpha value is -2.63. The maximum atomic E-state index is 8.67. The second-order valence-corrected chi connectivity index (χ2v) is 4.60. The lowest BCUT2D eigenvalue weighted by atomic mass is 10.1. The molecule has 1 heterocycles. The molecule has 6 nitrogen and oxygen atoms in total. The summed E-state index contributed by atoms with van der Waals surface area (Å²) < 4.78 is 5.53. The zero-order valence-corrected chi connectivity index (χ0v) is 11.9. The predicted molar refractivity (Wildman–Crippen MR) is 79.5 cm³/mol. The minimum atomic E-state index is -0.0605. The summed E-state index contributed by atoms with van der Waals surface area (Å²) >= 11 is 0. The molecule has 0 aliphatic carbocycles. The van der Waals surface area contributed by atoms with Gasteiger partial charge >= 0.3 is 6.01 Å². The van der Waals surface area contributed by atoms with Crippen LogP contribution in [0.25, 0.3) is 0 Å². The molecule has 0 aliphatic rings. The molecule has 0 radical (unpaired) electrons. The van der Waals surface area contributed by atoms with Crippen LogP contribution in [0.2, 0.25) is 0 Å². The minimum absolute atomic E-state index is 0.0605. The quantitative estimate of drug-likeness (QED) is 0.278. The Kier molecular flexibility index (Phi) is 5.09. The first-order valence-corrected chi connectivity index (χ1v) is 6.69. The number of hydrogen-bond donors (Lipinski definition) is 2. The lowest BCUT2D eigenvalue weighted by Crippen LogP contribution is -2.16. The molecule has 2 rings (SSSR count). The highest BCUT2D eigenvalue weighted by Crippen LogP contribution is 2.08. The van der Waals surface area contributed by atoms with Gasteiger partial charge in [0.1, 0.15) is 5.69 Å². The normalized spacial score (nSPS) is 11.4. The Morgan fingerprint density at radius 1 is 1.29 bits per heavy atom. The van der Waals surface area contributed by atoms with Gasteiger partial charge in [-0.15, -0.1) is 0 Å². The number of ether oxygens (including phenoxy) is 1. The zero-order valence-electron chi connectivity index (χ0n) is 11.9. The van der Waals surface area contributed by atoms with E-state index in [2.05, 4.69) is 27.3 Å². The molecule has 0 spiro atoms. The Labute approximate surface area is 123 Å². The van der Waals surface area contributed by atoms with Crippen LogP contribution in [0.3, 0.4) is 0 Å². The number of aromatic nitrogens is 2. The molecular weight excluding hydrogens is 268 g/mol. The van der Waals surface area contributed by atoms with Crippen molar-refractivity contribution < 1.29 is 9.94 Å². The van der Waals surface area contributed by atoms with Gasteiger partial charge < -0.3 is 15.7 Å². The maximum Gasteiger partial charge on any atom is 0.317 e. The standard InChI is InChI=1S/C15H18N4O2/c1-11-10-13(14(16)19-20)18-15(17-11)21-9-5-8-12-6-3-2-4-7-12/h2-4,6-7,10,20H,5,8-9H2,1H3,(H2,16,19). The van der Waals surface area contributed by atoms with Crippen molar-refractivity contribution >= 4 is 5.84 Å². The molecule has 0 saturated heterocycles. The summed E-state index contributed by atoms with van der Waals surface area (Å²) in [6, 6.07) is 12.1. The van der Waals surface area contributed by atoms with Gasteiger partial charge in [0.25, 0.3) is 0 Å². The summed E-state index contributed by atoms with van der Waals surface area (Å²) in [7, 11) is 0. The monoisotopic (exact) mass is 286 g/mol. The molecule has 0 amide bonds. The van der Waals surface area contributed by atoms with E-state index >= 15 is 0 Å². The van der Waals surface area contributed by atoms with E-state index < -0.39 is 0 Å². The van der Waals surface area contributed by atoms with E-state index in [1.807, 2.05) is 18.2 Å². The van der Waals surface area contributed by atoms with Crippen LogP contribution < -0.4 is 10.5 Å². The fraction of sp³-hybridized carbons (Fsp3) is 0.267. The maximum absolute atomic E-state index is 8.67. The highest BCUT2D eigenvalue weighted by atomic mass is 16.5. The molecular formula is C15H18N4O2. The SMILES string of the molecule is Cc1cc(/C(N)=N/O)nc(OCCCc2ccccc2)n1. The van der Waals surface area contributed by atoms with E-state index in [0.717, 1.165) is 12.8 Å². The van der Waals surface area contributed by atoms with Gasteiger partial charge in [0.2, 0.25) is 0 Å². The van der Waals surface area contributed by atoms with Crippen molar-refractivity contribution in [3.05, 3.63) is 53.3 Å². The highest BCUT2D eigenvalue weighted by Gasteiger charge is 2.07. The van der Waals surface area contributed by atoms with Gasteiger partial charge in [-0.25, -0.2) is 4.98 Å². The Balaban J connectivity index is 1.90. The fourth-order valence-electron chi connectivity index (χ4n) is 1.87. The first kappa shape index (κ1) is 14.8. The average molecular weight is 286 g/mol. The number of nitrogens with two attached hydrogens (primary N) is 1. The second kappa shape index (κ2) is 7.23. The fourth-order valence-corrected chi connectivity index (χ4v) is 1.87. The summed E-state index contributed by atoms with van der Waals surface area (Å²) in [6.45, 7) is 2.31. The number of rotatable bonds is 6. The third-order valence-electron chi connectivity index (χ3n) is 2.89. The van der Waals surface area contributed by atoms with Gasteiger partial charge in [0.15, 0.2) is 5.84 Å². The van der Waals surface area contributed by atoms with Crippen LogP contribution in [0.4, 0.5) is 0 Å². The molecule has 1 aromatic carbocycles. The van der Waals surface area contributed by atoms with Crippen LogP contribution in [0.5, 0.6) is 6.01 Å². The van der Waals surface area contributed by atoms with Crippen molar-refractivity contribution in [2.75, 3.05) is 6.61 Å². The number of benzene rings is 1. The topological polar surface area (TPSA) is 93.6 Å². The molecule has 110 valence electrons. The molecule has 3 N–H and O–H groups in total. The van der Waals surface area contributed by atoms with E-state index in [-0.39, 0.29) is 11.8 Å². The van der Waals surface area contributed by atoms with Crippen LogP contribution in [0.1, 0.15) is 23.4 Å². The first-order chi connectivity index (χ1) is 10.2. The van der Waals surface area contributed by atoms with Crippen molar-refractivity contribution in [1.82, 2.24) is 9.97 Å². The van der Waals surface area contributed by atoms with E-state index in [1.165, 1.54) is 5.56 Å². The number of amidine groups is 1. The molecule has 0 unspecified atom stereocenters. The van der Waals surface area contributed by atoms with E-state index in [1.54, 1.807) is 13.0 Å². The van der Waals surface area contributed by atoms with Crippen LogP contribution in [-0.2, 0) is 6.42 Å². The zero-order chi connectivity index (χ0) is 15.1. The molecule has 0 fully saturated rings. The van der Waals surface area contributed by atoms with Gasteiger partial charge in [-0.1, -0.05) is 35.5 Å². The van der Waals surface area contributed by atoms with Gasteiger partial charge in [0.05, 0.1) is 6.61 Å². The molecule has 21 heavy (non-hydrogen) atoms. The Bertz CT molecular complexity index is 614. The molecule has 0 atom stereocenters. The number of oxime groups is 1. The van der Waals surface area contributed by atoms with Crippen molar-refractivity contribution in [1.29, 1.82) is 0 Å². The Morgan fingerprint density at radius 2 is 2.05 bits per heavy atom. The molecule has 0 saturated carbocycles. The molecule has 0 bridgehead atoms. The van der Waals surface area contributed by atoms with E-state index in [0.29, 0.717) is 18.0 Å². The third kappa shape index (κ3) is 4.45. The third-order valence-corrected chi connectivity index (χ3v) is 2.89. The summed E-state index contributed by atoms with van der Waals surface area (Å²) in [5.41, 5.74) is 7.83. The van der Waals surface area contributed by atoms with Crippen molar-refractivity contribution in [2.45, 2.75) is 19.8 Å². The first-order valence-electron chi connectivity index (χ1n) is 6.69. The molecule has 2 aromatic rings. The second-order valence-electron chi connectivity index (χ2n) is 4.60. The van der Waals surface area contributed by atoms with Crippen LogP contribution >= 0.6 is 0 Å². The highest BCUT2D eigenvalue weighted by molar-refractivity contribution is 5.95. The summed E-state index contributed by atoms with van der Waals surface area (Å²) in [4.78, 5) is 8.27. The molecule has 1 aromatic heterocycles. The summed E-state index contributed by atoms with van der Waals surface area (Å²) in [6.07, 6.45) is 1.79. The minimum Gasteiger partial charge on any atom is -0.463 e. The van der Waals surface area contributed by atoms with Crippen molar-refractivity contribution in [2.24, 2.45) is 10.9 Å². The van der Waals surface area contributed by atoms with Gasteiger partial charge in [-0.2, -0.15) is 4.98 Å². The van der Waals surface area contributed by atoms with E-state index in [9.17, 15) is 0 Å². The Morgan fingerprint density at radius 3 is 2.76 bits per heavy atom. The van der Waals surface area contributed by atoms with Crippen LogP contribution in [0.15, 0.2) is 41.6 Å². The lowest BCUT2D eigenvalue weighted by molar-refractivity contribution is 0.285. The van der Waals surface area contributed by atoms with Crippen molar-refractivity contribution in [3.63, 3.8) is 0 Å². The average Bonchev–Trinajstić information content (AvgIpc) is 2.51. The number of nitrogens with zero attached hydrogens (tertiary/aromatic N) is 3. The number of aryl methyl sites for hydroxylation is 2. The van der Waals surface area contributed by atoms with E-state index in [4.69, 9.17) is 15.7 Å². The molecule has 6 heteroatoms. The lowest BCUT2D eigenvalue weighted by Gasteiger charge is -2.07. The van der Waals surface area contributed by atoms with Crippen LogP contribution in [-0.4, -0.2) is 27.6 Å². The molecule has 0 aliphatic heterocycles. The smallest absolute Gasteiger partial charge is 0.317 e. The van der Waals surface area contributed by atoms with Crippen LogP contribution in [0, 0.1) is 6.92 Å². The van der Waals surface area contributed by atoms with Crippen molar-refractivity contribution in [3.8, 4) is 6.01 Å². The van der Waals surface area contributed by atoms with Gasteiger partial charge in [0, 0.05) is 5.69 Å². The summed E-state index contributed by atoms with van der Waals surface area (Å²) in [5, 5.41) is 11.6.